The van der Waals surface area contributed by atoms with Crippen molar-refractivity contribution in [1.82, 2.24) is 5.32 Å². The van der Waals surface area contributed by atoms with Gasteiger partial charge in [0, 0.05) is 6.04 Å². The summed E-state index contributed by atoms with van der Waals surface area (Å²) in [6, 6.07) is 17.9. The van der Waals surface area contributed by atoms with E-state index in [1.54, 1.807) is 0 Å². The number of rotatable bonds is 5. The van der Waals surface area contributed by atoms with Gasteiger partial charge in [-0.25, -0.2) is 0 Å². The molecule has 0 bridgehead atoms. The van der Waals surface area contributed by atoms with E-state index in [0.717, 1.165) is 12.8 Å². The van der Waals surface area contributed by atoms with Crippen LogP contribution in [-0.4, -0.2) is 7.05 Å². The van der Waals surface area contributed by atoms with Crippen LogP contribution in [0.4, 0.5) is 0 Å². The molecule has 0 amide bonds. The van der Waals surface area contributed by atoms with Crippen LogP contribution in [0.15, 0.2) is 48.5 Å². The largest absolute Gasteiger partial charge is 0.313 e. The van der Waals surface area contributed by atoms with Crippen molar-refractivity contribution in [3.63, 3.8) is 0 Å². The molecule has 0 saturated carbocycles. The van der Waals surface area contributed by atoms with Crippen molar-refractivity contribution >= 4 is 0 Å². The molecular weight excluding hydrogens is 230 g/mol. The number of aryl methyl sites for hydroxylation is 3. The maximum atomic E-state index is 3.44. The summed E-state index contributed by atoms with van der Waals surface area (Å²) in [5.74, 6) is 0. The van der Waals surface area contributed by atoms with Gasteiger partial charge in [0.15, 0.2) is 0 Å². The van der Waals surface area contributed by atoms with Crippen LogP contribution in [0.5, 0.6) is 0 Å². The van der Waals surface area contributed by atoms with Gasteiger partial charge in [-0.05, 0) is 50.4 Å². The second kappa shape index (κ2) is 6.53. The zero-order chi connectivity index (χ0) is 13.7. The summed E-state index contributed by atoms with van der Waals surface area (Å²) in [4.78, 5) is 0. The second-order valence-corrected chi connectivity index (χ2v) is 5.22. The van der Waals surface area contributed by atoms with Gasteiger partial charge in [0.1, 0.15) is 0 Å². The molecule has 1 unspecified atom stereocenters. The third-order valence-electron chi connectivity index (χ3n) is 3.75. The van der Waals surface area contributed by atoms with E-state index in [-0.39, 0.29) is 0 Å². The molecule has 2 aromatic carbocycles. The lowest BCUT2D eigenvalue weighted by Gasteiger charge is -2.19. The molecule has 19 heavy (non-hydrogen) atoms. The molecule has 0 heterocycles. The fraction of sp³-hybridized carbons (Fsp3) is 0.333. The van der Waals surface area contributed by atoms with Crippen molar-refractivity contribution in [1.29, 1.82) is 0 Å². The van der Waals surface area contributed by atoms with E-state index in [4.69, 9.17) is 0 Å². The first-order valence-corrected chi connectivity index (χ1v) is 6.99. The molecule has 1 heteroatoms. The van der Waals surface area contributed by atoms with Gasteiger partial charge in [-0.1, -0.05) is 54.1 Å². The van der Waals surface area contributed by atoms with Crippen molar-refractivity contribution in [2.75, 3.05) is 7.05 Å². The minimum atomic E-state index is 0.433. The molecule has 0 spiro atoms. The fourth-order valence-electron chi connectivity index (χ4n) is 2.50. The number of hydrogen-bond donors (Lipinski definition) is 1. The van der Waals surface area contributed by atoms with Crippen LogP contribution in [0.25, 0.3) is 0 Å². The first kappa shape index (κ1) is 13.8. The van der Waals surface area contributed by atoms with E-state index < -0.39 is 0 Å². The van der Waals surface area contributed by atoms with Crippen molar-refractivity contribution < 1.29 is 0 Å². The lowest BCUT2D eigenvalue weighted by atomic mass is 9.95. The van der Waals surface area contributed by atoms with Gasteiger partial charge < -0.3 is 5.32 Å². The molecule has 0 aliphatic heterocycles. The van der Waals surface area contributed by atoms with E-state index >= 15 is 0 Å². The van der Waals surface area contributed by atoms with Crippen molar-refractivity contribution in [2.24, 2.45) is 0 Å². The van der Waals surface area contributed by atoms with Crippen LogP contribution in [0.2, 0.25) is 0 Å². The van der Waals surface area contributed by atoms with Crippen LogP contribution < -0.4 is 5.32 Å². The zero-order valence-electron chi connectivity index (χ0n) is 12.1. The van der Waals surface area contributed by atoms with Gasteiger partial charge in [-0.15, -0.1) is 0 Å². The van der Waals surface area contributed by atoms with Crippen molar-refractivity contribution in [3.8, 4) is 0 Å². The minimum absolute atomic E-state index is 0.433. The highest BCUT2D eigenvalue weighted by Crippen LogP contribution is 2.22. The molecule has 0 aromatic heterocycles. The highest BCUT2D eigenvalue weighted by molar-refractivity contribution is 5.29. The predicted molar refractivity (Wildman–Crippen MR) is 82.5 cm³/mol. The van der Waals surface area contributed by atoms with Crippen LogP contribution in [-0.2, 0) is 6.42 Å². The molecule has 100 valence electrons. The van der Waals surface area contributed by atoms with Crippen LogP contribution >= 0.6 is 0 Å². The molecule has 0 radical (unpaired) electrons. The monoisotopic (exact) mass is 253 g/mol. The smallest absolute Gasteiger partial charge is 0.0323 e. The Kier molecular flexibility index (Phi) is 4.75. The number of hydrogen-bond acceptors (Lipinski definition) is 1. The molecule has 1 atom stereocenters. The van der Waals surface area contributed by atoms with E-state index in [2.05, 4.69) is 67.7 Å². The van der Waals surface area contributed by atoms with Crippen molar-refractivity contribution in [2.45, 2.75) is 32.7 Å². The lowest BCUT2D eigenvalue weighted by molar-refractivity contribution is 0.547. The Bertz CT molecular complexity index is 513. The molecular formula is C18H23N. The lowest BCUT2D eigenvalue weighted by Crippen LogP contribution is -2.18. The second-order valence-electron chi connectivity index (χ2n) is 5.22. The van der Waals surface area contributed by atoms with E-state index in [0.29, 0.717) is 6.04 Å². The van der Waals surface area contributed by atoms with E-state index in [9.17, 15) is 0 Å². The van der Waals surface area contributed by atoms with Gasteiger partial charge >= 0.3 is 0 Å². The maximum absolute atomic E-state index is 3.44. The third-order valence-corrected chi connectivity index (χ3v) is 3.75. The Balaban J connectivity index is 2.04. The Morgan fingerprint density at radius 2 is 1.63 bits per heavy atom. The Morgan fingerprint density at radius 3 is 2.26 bits per heavy atom. The summed E-state index contributed by atoms with van der Waals surface area (Å²) in [6.45, 7) is 4.32. The van der Waals surface area contributed by atoms with Crippen LogP contribution in [0, 0.1) is 13.8 Å². The molecule has 0 saturated heterocycles. The van der Waals surface area contributed by atoms with Crippen LogP contribution in [0.3, 0.4) is 0 Å². The van der Waals surface area contributed by atoms with Gasteiger partial charge in [0.05, 0.1) is 0 Å². The molecule has 1 N–H and O–H groups in total. The summed E-state index contributed by atoms with van der Waals surface area (Å²) in [6.07, 6.45) is 2.24. The van der Waals surface area contributed by atoms with Gasteiger partial charge in [0.2, 0.25) is 0 Å². The molecule has 2 rings (SSSR count). The van der Waals surface area contributed by atoms with Gasteiger partial charge in [-0.3, -0.25) is 0 Å². The van der Waals surface area contributed by atoms with Crippen molar-refractivity contribution in [3.05, 3.63) is 70.8 Å². The normalized spacial score (nSPS) is 12.4. The maximum Gasteiger partial charge on any atom is 0.0323 e. The molecule has 0 aliphatic carbocycles. The molecule has 1 nitrogen and oxygen atoms in total. The van der Waals surface area contributed by atoms with Gasteiger partial charge in [0.25, 0.3) is 0 Å². The standard InChI is InChI=1S/C18H23N/c1-14-8-10-16(11-9-14)12-13-18(19-3)17-7-5-4-6-15(17)2/h4-11,18-19H,12-13H2,1-3H3. The number of benzene rings is 2. The topological polar surface area (TPSA) is 12.0 Å². The summed E-state index contributed by atoms with van der Waals surface area (Å²) in [5.41, 5.74) is 5.52. The summed E-state index contributed by atoms with van der Waals surface area (Å²) >= 11 is 0. The highest BCUT2D eigenvalue weighted by Gasteiger charge is 2.11. The van der Waals surface area contributed by atoms with E-state index in [1.165, 1.54) is 22.3 Å². The summed E-state index contributed by atoms with van der Waals surface area (Å²) < 4.78 is 0. The molecule has 2 aromatic rings. The first-order chi connectivity index (χ1) is 9.20. The first-order valence-electron chi connectivity index (χ1n) is 6.99. The highest BCUT2D eigenvalue weighted by atomic mass is 14.9. The van der Waals surface area contributed by atoms with E-state index in [1.807, 2.05) is 7.05 Å². The average Bonchev–Trinajstić information content (AvgIpc) is 2.43. The Labute approximate surface area is 116 Å². The molecule has 0 aliphatic rings. The molecule has 0 fully saturated rings. The third kappa shape index (κ3) is 3.68. The van der Waals surface area contributed by atoms with Gasteiger partial charge in [-0.2, -0.15) is 0 Å². The Hall–Kier alpha value is -1.60. The summed E-state index contributed by atoms with van der Waals surface area (Å²) in [7, 11) is 2.05. The Morgan fingerprint density at radius 1 is 0.947 bits per heavy atom. The minimum Gasteiger partial charge on any atom is -0.313 e. The fourth-order valence-corrected chi connectivity index (χ4v) is 2.50. The SMILES string of the molecule is CNC(CCc1ccc(C)cc1)c1ccccc1C. The summed E-state index contributed by atoms with van der Waals surface area (Å²) in [5, 5.41) is 3.44. The van der Waals surface area contributed by atoms with Crippen LogP contribution in [0.1, 0.15) is 34.7 Å². The number of nitrogens with one attached hydrogen (secondary N) is 1. The quantitative estimate of drug-likeness (QED) is 0.842. The predicted octanol–water partition coefficient (Wildman–Crippen LogP) is 4.20. The zero-order valence-corrected chi connectivity index (χ0v) is 12.1. The average molecular weight is 253 g/mol.